The van der Waals surface area contributed by atoms with Gasteiger partial charge in [0, 0.05) is 5.56 Å². The molecule has 0 aromatic heterocycles. The highest BCUT2D eigenvalue weighted by molar-refractivity contribution is 6.36. The molecular formula is C11H11NO2. The van der Waals surface area contributed by atoms with Gasteiger partial charge in [0.1, 0.15) is 5.71 Å². The van der Waals surface area contributed by atoms with E-state index in [-0.39, 0.29) is 5.97 Å². The number of esters is 1. The van der Waals surface area contributed by atoms with E-state index in [1.54, 1.807) is 6.92 Å². The Morgan fingerprint density at radius 2 is 1.86 bits per heavy atom. The predicted octanol–water partition coefficient (Wildman–Crippen LogP) is 2.01. The van der Waals surface area contributed by atoms with Crippen LogP contribution in [0.3, 0.4) is 0 Å². The third-order valence-electron chi connectivity index (χ3n) is 2.19. The second-order valence-corrected chi connectivity index (χ2v) is 3.38. The third kappa shape index (κ3) is 1.53. The Bertz CT molecular complexity index is 392. The topological polar surface area (TPSA) is 38.7 Å². The van der Waals surface area contributed by atoms with Crippen molar-refractivity contribution >= 4 is 11.7 Å². The lowest BCUT2D eigenvalue weighted by atomic mass is 10.1. The van der Waals surface area contributed by atoms with Gasteiger partial charge in [-0.05, 0) is 13.8 Å². The molecule has 0 radical (unpaired) electrons. The van der Waals surface area contributed by atoms with E-state index in [4.69, 9.17) is 4.74 Å². The average molecular weight is 189 g/mol. The minimum absolute atomic E-state index is 0.324. The molecule has 1 aliphatic rings. The molecular weight excluding hydrogens is 178 g/mol. The second-order valence-electron chi connectivity index (χ2n) is 3.38. The molecule has 2 rings (SSSR count). The molecule has 3 nitrogen and oxygen atoms in total. The fourth-order valence-corrected chi connectivity index (χ4v) is 1.32. The van der Waals surface area contributed by atoms with Crippen LogP contribution in [0.15, 0.2) is 29.3 Å². The Morgan fingerprint density at radius 3 is 2.36 bits per heavy atom. The molecule has 1 atom stereocenters. The zero-order valence-corrected chi connectivity index (χ0v) is 8.15. The maximum atomic E-state index is 11.1. The Hall–Kier alpha value is -1.64. The Morgan fingerprint density at radius 1 is 1.21 bits per heavy atom. The summed E-state index contributed by atoms with van der Waals surface area (Å²) in [5, 5.41) is 0. The van der Waals surface area contributed by atoms with E-state index in [1.807, 2.05) is 31.2 Å². The predicted molar refractivity (Wildman–Crippen MR) is 53.1 cm³/mol. The highest BCUT2D eigenvalue weighted by Crippen LogP contribution is 2.24. The van der Waals surface area contributed by atoms with Gasteiger partial charge >= 0.3 is 5.97 Å². The van der Waals surface area contributed by atoms with Gasteiger partial charge in [0.2, 0.25) is 6.23 Å². The summed E-state index contributed by atoms with van der Waals surface area (Å²) in [5.41, 5.74) is 2.54. The van der Waals surface area contributed by atoms with Crippen LogP contribution in [0.1, 0.15) is 24.3 Å². The lowest BCUT2D eigenvalue weighted by Gasteiger charge is -2.06. The summed E-state index contributed by atoms with van der Waals surface area (Å²) in [4.78, 5) is 15.2. The Balaban J connectivity index is 2.26. The van der Waals surface area contributed by atoms with E-state index in [9.17, 15) is 4.79 Å². The molecule has 0 saturated heterocycles. The number of rotatable bonds is 1. The standard InChI is InChI=1S/C11H11NO2/c1-7-3-5-9(6-4-7)10-12-8(2)11(13)14-10/h3-6,10H,1-2H3. The first-order valence-corrected chi connectivity index (χ1v) is 4.49. The number of ether oxygens (including phenoxy) is 1. The van der Waals surface area contributed by atoms with E-state index in [0.29, 0.717) is 5.71 Å². The van der Waals surface area contributed by atoms with E-state index in [1.165, 1.54) is 5.56 Å². The van der Waals surface area contributed by atoms with Crippen molar-refractivity contribution in [2.75, 3.05) is 0 Å². The van der Waals surface area contributed by atoms with E-state index in [2.05, 4.69) is 4.99 Å². The van der Waals surface area contributed by atoms with Crippen molar-refractivity contribution in [1.29, 1.82) is 0 Å². The lowest BCUT2D eigenvalue weighted by molar-refractivity contribution is -0.137. The number of benzene rings is 1. The molecule has 0 aliphatic carbocycles. The smallest absolute Gasteiger partial charge is 0.354 e. The number of aryl methyl sites for hydroxylation is 1. The van der Waals surface area contributed by atoms with Crippen LogP contribution in [-0.4, -0.2) is 11.7 Å². The first-order chi connectivity index (χ1) is 6.66. The van der Waals surface area contributed by atoms with Gasteiger partial charge < -0.3 is 4.74 Å². The van der Waals surface area contributed by atoms with Crippen LogP contribution in [0.4, 0.5) is 0 Å². The van der Waals surface area contributed by atoms with Crippen molar-refractivity contribution in [3.05, 3.63) is 35.4 Å². The zero-order valence-electron chi connectivity index (χ0n) is 8.15. The van der Waals surface area contributed by atoms with Gasteiger partial charge in [-0.2, -0.15) is 0 Å². The molecule has 0 N–H and O–H groups in total. The number of hydrogen-bond donors (Lipinski definition) is 0. The van der Waals surface area contributed by atoms with Gasteiger partial charge in [-0.1, -0.05) is 29.8 Å². The van der Waals surface area contributed by atoms with Crippen LogP contribution in [0.5, 0.6) is 0 Å². The minimum atomic E-state index is -0.442. The van der Waals surface area contributed by atoms with Gasteiger partial charge in [0.05, 0.1) is 0 Å². The van der Waals surface area contributed by atoms with E-state index in [0.717, 1.165) is 5.56 Å². The molecule has 0 fully saturated rings. The molecule has 1 aromatic rings. The van der Waals surface area contributed by atoms with Gasteiger partial charge in [0.15, 0.2) is 0 Å². The third-order valence-corrected chi connectivity index (χ3v) is 2.19. The normalized spacial score (nSPS) is 20.6. The molecule has 1 aliphatic heterocycles. The van der Waals surface area contributed by atoms with Gasteiger partial charge in [-0.3, -0.25) is 0 Å². The largest absolute Gasteiger partial charge is 0.431 e. The number of hydrogen-bond acceptors (Lipinski definition) is 3. The highest BCUT2D eigenvalue weighted by Gasteiger charge is 2.24. The quantitative estimate of drug-likeness (QED) is 0.634. The molecule has 0 amide bonds. The van der Waals surface area contributed by atoms with Crippen LogP contribution in [0, 0.1) is 6.92 Å². The minimum Gasteiger partial charge on any atom is -0.431 e. The molecule has 1 heterocycles. The summed E-state index contributed by atoms with van der Waals surface area (Å²) in [6, 6.07) is 7.81. The van der Waals surface area contributed by atoms with Crippen molar-refractivity contribution in [1.82, 2.24) is 0 Å². The van der Waals surface area contributed by atoms with Gasteiger partial charge in [-0.15, -0.1) is 0 Å². The maximum absolute atomic E-state index is 11.1. The lowest BCUT2D eigenvalue weighted by Crippen LogP contribution is -2.06. The fourth-order valence-electron chi connectivity index (χ4n) is 1.32. The van der Waals surface area contributed by atoms with Gasteiger partial charge in [-0.25, -0.2) is 9.79 Å². The number of nitrogens with zero attached hydrogens (tertiary/aromatic N) is 1. The molecule has 72 valence electrons. The molecule has 0 spiro atoms. The maximum Gasteiger partial charge on any atom is 0.354 e. The van der Waals surface area contributed by atoms with Crippen LogP contribution < -0.4 is 0 Å². The van der Waals surface area contributed by atoms with E-state index >= 15 is 0 Å². The number of aliphatic imine (C=N–C) groups is 1. The average Bonchev–Trinajstić information content (AvgIpc) is 2.48. The van der Waals surface area contributed by atoms with Crippen LogP contribution >= 0.6 is 0 Å². The molecule has 0 saturated carbocycles. The molecule has 14 heavy (non-hydrogen) atoms. The van der Waals surface area contributed by atoms with Crippen molar-refractivity contribution in [3.8, 4) is 0 Å². The summed E-state index contributed by atoms with van der Waals surface area (Å²) in [5.74, 6) is -0.324. The van der Waals surface area contributed by atoms with Crippen LogP contribution in [-0.2, 0) is 9.53 Å². The monoisotopic (exact) mass is 189 g/mol. The van der Waals surface area contributed by atoms with E-state index < -0.39 is 6.23 Å². The summed E-state index contributed by atoms with van der Waals surface area (Å²) >= 11 is 0. The van der Waals surface area contributed by atoms with Crippen molar-refractivity contribution in [2.24, 2.45) is 4.99 Å². The number of cyclic esters (lactones) is 1. The zero-order chi connectivity index (χ0) is 10.1. The summed E-state index contributed by atoms with van der Waals surface area (Å²) < 4.78 is 5.06. The molecule has 1 aromatic carbocycles. The second kappa shape index (κ2) is 3.25. The van der Waals surface area contributed by atoms with Crippen molar-refractivity contribution in [3.63, 3.8) is 0 Å². The Kier molecular flexibility index (Phi) is 2.08. The summed E-state index contributed by atoms with van der Waals surface area (Å²) in [7, 11) is 0. The van der Waals surface area contributed by atoms with Crippen LogP contribution in [0.2, 0.25) is 0 Å². The SMILES string of the molecule is CC1=NC(c2ccc(C)cc2)OC1=O. The number of carbonyl (C=O) groups is 1. The summed E-state index contributed by atoms with van der Waals surface area (Å²) in [6.45, 7) is 3.68. The van der Waals surface area contributed by atoms with Crippen LogP contribution in [0.25, 0.3) is 0 Å². The fraction of sp³-hybridized carbons (Fsp3) is 0.273. The van der Waals surface area contributed by atoms with Crippen molar-refractivity contribution < 1.29 is 9.53 Å². The molecule has 0 bridgehead atoms. The summed E-state index contributed by atoms with van der Waals surface area (Å²) in [6.07, 6.45) is -0.442. The van der Waals surface area contributed by atoms with Gasteiger partial charge in [0.25, 0.3) is 0 Å². The first-order valence-electron chi connectivity index (χ1n) is 4.49. The molecule has 3 heteroatoms. The Labute approximate surface area is 82.4 Å². The number of carbonyl (C=O) groups excluding carboxylic acids is 1. The highest BCUT2D eigenvalue weighted by atomic mass is 16.6. The first kappa shape index (κ1) is 8.94. The molecule has 1 unspecified atom stereocenters. The van der Waals surface area contributed by atoms with Crippen molar-refractivity contribution in [2.45, 2.75) is 20.1 Å².